The lowest BCUT2D eigenvalue weighted by molar-refractivity contribution is -0.380. The van der Waals surface area contributed by atoms with Crippen LogP contribution in [-0.2, 0) is 57.0 Å². The van der Waals surface area contributed by atoms with Crippen molar-refractivity contribution in [1.29, 1.82) is 0 Å². The van der Waals surface area contributed by atoms with Gasteiger partial charge in [-0.05, 0) is 111 Å². The molecule has 0 aromatic carbocycles. The van der Waals surface area contributed by atoms with Crippen LogP contribution >= 0.6 is 0 Å². The summed E-state index contributed by atoms with van der Waals surface area (Å²) in [5.74, 6) is -1.20. The molecule has 9 fully saturated rings. The molecule has 1 unspecified atom stereocenters. The molecule has 0 amide bonds. The molecule has 10 aliphatic rings. The molecule has 13 N–H and O–H groups in total. The third-order valence-electron chi connectivity index (χ3n) is 22.3. The number of rotatable bonds is 11. The van der Waals surface area contributed by atoms with E-state index in [1.165, 1.54) is 13.8 Å². The molecule has 25 heteroatoms. The second-order valence-corrected chi connectivity index (χ2v) is 27.5. The lowest BCUT2D eigenvalue weighted by Gasteiger charge is -2.71. The third-order valence-corrected chi connectivity index (χ3v) is 22.3. The molecule has 0 spiro atoms. The molecule has 5 aliphatic carbocycles. The molecule has 25 nitrogen and oxygen atoms in total. The molecule has 0 bridgehead atoms. The van der Waals surface area contributed by atoms with Gasteiger partial charge in [-0.3, -0.25) is 4.79 Å². The first-order valence-corrected chi connectivity index (χ1v) is 29.4. The number of hydrogen-bond acceptors (Lipinski definition) is 25. The number of aliphatic hydroxyl groups is 13. The van der Waals surface area contributed by atoms with Crippen LogP contribution in [0.15, 0.2) is 11.6 Å². The molecule has 32 atom stereocenters. The molecule has 5 aliphatic heterocycles. The summed E-state index contributed by atoms with van der Waals surface area (Å²) in [5.41, 5.74) is -2.75. The highest BCUT2D eigenvalue weighted by molar-refractivity contribution is 5.80. The van der Waals surface area contributed by atoms with Crippen molar-refractivity contribution < 1.29 is 123 Å². The van der Waals surface area contributed by atoms with E-state index in [9.17, 15) is 71.2 Å². The third kappa shape index (κ3) is 10.2. The van der Waals surface area contributed by atoms with E-state index in [2.05, 4.69) is 40.7 Å². The minimum atomic E-state index is -1.98. The van der Waals surface area contributed by atoms with Crippen LogP contribution in [0.5, 0.6) is 0 Å². The van der Waals surface area contributed by atoms with Gasteiger partial charge >= 0.3 is 5.97 Å². The van der Waals surface area contributed by atoms with Crippen molar-refractivity contribution in [3.63, 3.8) is 0 Å². The van der Waals surface area contributed by atoms with Gasteiger partial charge in [-0.25, -0.2) is 0 Å². The maximum absolute atomic E-state index is 15.4. The molecular formula is C57H90O25. The van der Waals surface area contributed by atoms with Crippen LogP contribution in [0.4, 0.5) is 0 Å². The molecule has 5 heterocycles. The summed E-state index contributed by atoms with van der Waals surface area (Å²) in [4.78, 5) is 28.2. The normalized spacial score (nSPS) is 55.9. The van der Waals surface area contributed by atoms with Crippen molar-refractivity contribution >= 4 is 12.3 Å². The Bertz CT molecular complexity index is 2330. The SMILES string of the molecule is C[C@@H]1O[C@@H](O[C@H]2[C@H](OC(=O)[C@]34CCC(C)(C)C[C@H]3C3=CCC5[C@@]6(C)CC[C@H](O)[C@@](C)(C=O)[C@@H]6CC[C@@]5(C)[C@]3(C)C[C@H]4O)O[C@H](C)[C@H](O)[C@@H]2O)[C@H](O)[C@H](O)[C@H]1O[C@@H]1OC[C@@H](O)[C@H](O[C@@H]2OC[C@H](O[C@@H]3OC[C@H](O)[C@H](O)[C@H]3O)[C@H](O)[C@H]2O)[C@H]1O. The van der Waals surface area contributed by atoms with Crippen molar-refractivity contribution in [2.45, 2.75) is 261 Å². The van der Waals surface area contributed by atoms with E-state index in [-0.39, 0.29) is 40.9 Å². The van der Waals surface area contributed by atoms with Crippen LogP contribution < -0.4 is 0 Å². The van der Waals surface area contributed by atoms with Gasteiger partial charge in [0.05, 0.1) is 49.7 Å². The summed E-state index contributed by atoms with van der Waals surface area (Å²) < 4.78 is 58.3. The summed E-state index contributed by atoms with van der Waals surface area (Å²) >= 11 is 0. The van der Waals surface area contributed by atoms with Gasteiger partial charge in [0.15, 0.2) is 31.3 Å². The van der Waals surface area contributed by atoms with Gasteiger partial charge in [-0.2, -0.15) is 0 Å². The van der Waals surface area contributed by atoms with Crippen LogP contribution in [0, 0.1) is 50.2 Å². The van der Waals surface area contributed by atoms with E-state index in [1.807, 2.05) is 6.92 Å². The number of esters is 1. The molecular weight excluding hydrogens is 1080 g/mol. The van der Waals surface area contributed by atoms with E-state index < -0.39 is 195 Å². The predicted octanol–water partition coefficient (Wildman–Crippen LogP) is -2.09. The van der Waals surface area contributed by atoms with Crippen LogP contribution in [-0.4, -0.2) is 246 Å². The van der Waals surface area contributed by atoms with Gasteiger partial charge in [-0.15, -0.1) is 0 Å². The van der Waals surface area contributed by atoms with Crippen LogP contribution in [0.25, 0.3) is 0 Å². The fourth-order valence-corrected chi connectivity index (χ4v) is 17.0. The quantitative estimate of drug-likeness (QED) is 0.0599. The number of ether oxygens (including phenoxy) is 10. The van der Waals surface area contributed by atoms with Crippen molar-refractivity contribution in [3.05, 3.63) is 11.6 Å². The summed E-state index contributed by atoms with van der Waals surface area (Å²) in [6, 6.07) is 0. The lowest BCUT2D eigenvalue weighted by Crippen LogP contribution is -2.68. The van der Waals surface area contributed by atoms with E-state index in [4.69, 9.17) is 47.4 Å². The smallest absolute Gasteiger partial charge is 0.317 e. The van der Waals surface area contributed by atoms with Gasteiger partial charge in [0.2, 0.25) is 6.29 Å². The van der Waals surface area contributed by atoms with Gasteiger partial charge in [0.25, 0.3) is 0 Å². The highest BCUT2D eigenvalue weighted by Crippen LogP contribution is 2.76. The number of carbonyl (C=O) groups is 2. The molecule has 0 aromatic heterocycles. The lowest BCUT2D eigenvalue weighted by atomic mass is 9.33. The Kier molecular flexibility index (Phi) is 17.6. The van der Waals surface area contributed by atoms with Gasteiger partial charge in [0, 0.05) is 0 Å². The highest BCUT2D eigenvalue weighted by Gasteiger charge is 2.72. The van der Waals surface area contributed by atoms with Gasteiger partial charge < -0.3 is 119 Å². The Labute approximate surface area is 476 Å². The summed E-state index contributed by atoms with van der Waals surface area (Å²) in [7, 11) is 0. The van der Waals surface area contributed by atoms with Crippen molar-refractivity contribution in [1.82, 2.24) is 0 Å². The first kappa shape index (κ1) is 63.0. The number of hydrogen-bond donors (Lipinski definition) is 13. The molecule has 4 saturated carbocycles. The molecule has 0 aromatic rings. The number of carbonyl (C=O) groups excluding carboxylic acids is 2. The predicted molar refractivity (Wildman–Crippen MR) is 276 cm³/mol. The Morgan fingerprint density at radius 1 is 0.549 bits per heavy atom. The molecule has 468 valence electrons. The Balaban J connectivity index is 0.818. The Morgan fingerprint density at radius 2 is 1.13 bits per heavy atom. The summed E-state index contributed by atoms with van der Waals surface area (Å²) in [6.45, 7) is 14.5. The molecule has 5 saturated heterocycles. The maximum atomic E-state index is 15.4. The number of allylic oxidation sites excluding steroid dienone is 2. The average Bonchev–Trinajstić information content (AvgIpc) is 0.730. The van der Waals surface area contributed by atoms with E-state index >= 15 is 4.79 Å². The van der Waals surface area contributed by atoms with Crippen LogP contribution in [0.3, 0.4) is 0 Å². The second kappa shape index (κ2) is 22.9. The largest absolute Gasteiger partial charge is 0.432 e. The second-order valence-electron chi connectivity index (χ2n) is 27.5. The Hall–Kier alpha value is -2.00. The highest BCUT2D eigenvalue weighted by atomic mass is 16.8. The fourth-order valence-electron chi connectivity index (χ4n) is 17.0. The zero-order chi connectivity index (χ0) is 59.7. The number of aliphatic hydroxyl groups excluding tert-OH is 13. The number of aldehydes is 1. The molecule has 82 heavy (non-hydrogen) atoms. The van der Waals surface area contributed by atoms with Crippen molar-refractivity contribution in [3.8, 4) is 0 Å². The van der Waals surface area contributed by atoms with Crippen molar-refractivity contribution in [2.24, 2.45) is 50.2 Å². The topological polar surface area (TPSA) is 389 Å². The first-order chi connectivity index (χ1) is 38.4. The summed E-state index contributed by atoms with van der Waals surface area (Å²) in [5, 5.41) is 144. The van der Waals surface area contributed by atoms with Gasteiger partial charge in [0.1, 0.15) is 97.2 Å². The molecule has 0 radical (unpaired) electrons. The van der Waals surface area contributed by atoms with E-state index in [0.717, 1.165) is 31.1 Å². The first-order valence-electron chi connectivity index (χ1n) is 29.4. The minimum absolute atomic E-state index is 0.0397. The molecule has 10 rings (SSSR count). The standard InChI is InChI=1S/C57H90O25/c1-23-34(63)37(66)45(81-49-41(70)38(67)43(24(2)77-49)79-48-42(71)44(28(60)20-74-48)80-47-40(69)36(65)29(21-75-47)78-46-39(68)35(64)27(59)19-73-46)50(76-23)82-51(72)57-16-15-52(3,4)17-26(57)25-9-10-31-53(5)13-12-32(61)54(6,22-58)30(53)11-14-55(31,7)56(25,8)18-33(57)62/h9,22-24,26-50,59-71H,10-21H2,1-8H3/t23-,24+,26+,27+,28-,29+,30-,31?,32+,33-,34+,35+,36+,37+,38+,39-,40-,41-,42-,43+,44+,45-,46+,47+,48+,49+,50+,53+,54+,55-,56-,57-/m1/s1. The van der Waals surface area contributed by atoms with Crippen LogP contribution in [0.1, 0.15) is 113 Å². The van der Waals surface area contributed by atoms with E-state index in [1.54, 1.807) is 0 Å². The van der Waals surface area contributed by atoms with Gasteiger partial charge in [-0.1, -0.05) is 53.2 Å². The maximum Gasteiger partial charge on any atom is 0.317 e. The fraction of sp³-hybridized carbons (Fsp3) is 0.930. The zero-order valence-corrected chi connectivity index (χ0v) is 47.9. The average molecular weight is 1180 g/mol. The monoisotopic (exact) mass is 1170 g/mol. The van der Waals surface area contributed by atoms with Crippen LogP contribution in [0.2, 0.25) is 0 Å². The zero-order valence-electron chi connectivity index (χ0n) is 47.9. The van der Waals surface area contributed by atoms with Crippen molar-refractivity contribution in [2.75, 3.05) is 19.8 Å². The number of fused-ring (bicyclic) bond motifs is 7. The van der Waals surface area contributed by atoms with E-state index in [0.29, 0.717) is 25.7 Å². The summed E-state index contributed by atoms with van der Waals surface area (Å²) in [6.07, 6.45) is -29.6. The minimum Gasteiger partial charge on any atom is -0.432 e. The Morgan fingerprint density at radius 3 is 1.83 bits per heavy atom.